The maximum absolute atomic E-state index is 12.4. The number of carbonyl (C=O) groups is 2. The van der Waals surface area contributed by atoms with Gasteiger partial charge in [0.05, 0.1) is 24.6 Å². The lowest BCUT2D eigenvalue weighted by atomic mass is 10.1. The summed E-state index contributed by atoms with van der Waals surface area (Å²) in [4.78, 5) is 23.2. The largest absolute Gasteiger partial charge is 0.497 e. The van der Waals surface area contributed by atoms with Gasteiger partial charge in [0.2, 0.25) is 6.43 Å². The van der Waals surface area contributed by atoms with Crippen LogP contribution < -0.4 is 10.1 Å². The molecule has 1 aromatic carbocycles. The molecule has 0 spiro atoms. The fraction of sp³-hybridized carbons (Fsp3) is 0.267. The number of nitrogens with zero attached hydrogens (tertiary/aromatic N) is 1. The highest BCUT2D eigenvalue weighted by Gasteiger charge is 2.26. The van der Waals surface area contributed by atoms with Crippen LogP contribution in [0, 0.1) is 0 Å². The van der Waals surface area contributed by atoms with Crippen molar-refractivity contribution in [1.82, 2.24) is 15.5 Å². The first-order valence-corrected chi connectivity index (χ1v) is 6.92. The van der Waals surface area contributed by atoms with E-state index in [9.17, 15) is 18.4 Å². The van der Waals surface area contributed by atoms with Gasteiger partial charge in [-0.15, -0.1) is 0 Å². The summed E-state index contributed by atoms with van der Waals surface area (Å²) in [6.07, 6.45) is -2.62. The number of aliphatic carboxylic acids is 1. The highest BCUT2D eigenvalue weighted by Crippen LogP contribution is 2.23. The number of benzene rings is 1. The Morgan fingerprint density at radius 3 is 2.54 bits per heavy atom. The maximum Gasteiger partial charge on any atom is 0.326 e. The Morgan fingerprint density at radius 1 is 1.33 bits per heavy atom. The van der Waals surface area contributed by atoms with Crippen molar-refractivity contribution in [1.29, 1.82) is 0 Å². The number of alkyl halides is 2. The number of methoxy groups -OCH3 is 1. The predicted octanol–water partition coefficient (Wildman–Crippen LogP) is 1.92. The number of aromatic nitrogens is 2. The van der Waals surface area contributed by atoms with Gasteiger partial charge in [-0.3, -0.25) is 9.89 Å². The molecule has 1 amide bonds. The predicted molar refractivity (Wildman–Crippen MR) is 80.1 cm³/mol. The molecule has 0 aliphatic heterocycles. The average molecular weight is 339 g/mol. The van der Waals surface area contributed by atoms with Crippen LogP contribution in [-0.4, -0.2) is 46.8 Å². The van der Waals surface area contributed by atoms with Crippen LogP contribution in [0.3, 0.4) is 0 Å². The van der Waals surface area contributed by atoms with Crippen molar-refractivity contribution in [3.63, 3.8) is 0 Å². The van der Waals surface area contributed by atoms with Crippen LogP contribution in [0.15, 0.2) is 30.5 Å². The number of amides is 1. The summed E-state index contributed by atoms with van der Waals surface area (Å²) in [7, 11) is 1.51. The van der Waals surface area contributed by atoms with E-state index < -0.39 is 30.8 Å². The molecule has 0 bridgehead atoms. The zero-order valence-electron chi connectivity index (χ0n) is 12.6. The Kier molecular flexibility index (Phi) is 5.46. The van der Waals surface area contributed by atoms with E-state index in [2.05, 4.69) is 15.5 Å². The molecule has 0 saturated carbocycles. The standard InChI is InChI=1S/C15H15F2N3O4/c1-24-9-4-2-8(3-5-9)13-10(7-18-20-13)14(21)19-11(15(22)23)6-12(16)17/h2-5,7,11-12H,6H2,1H3,(H,18,20)(H,19,21)(H,22,23). The minimum atomic E-state index is -2.85. The second kappa shape index (κ2) is 7.53. The second-order valence-electron chi connectivity index (χ2n) is 4.88. The van der Waals surface area contributed by atoms with Gasteiger partial charge in [-0.1, -0.05) is 0 Å². The molecular formula is C15H15F2N3O4. The van der Waals surface area contributed by atoms with Crippen molar-refractivity contribution < 1.29 is 28.2 Å². The van der Waals surface area contributed by atoms with Gasteiger partial charge in [-0.05, 0) is 24.3 Å². The third kappa shape index (κ3) is 4.06. The number of carboxylic acids is 1. The maximum atomic E-state index is 12.4. The Morgan fingerprint density at radius 2 is 2.00 bits per heavy atom. The quantitative estimate of drug-likeness (QED) is 0.715. The lowest BCUT2D eigenvalue weighted by Crippen LogP contribution is -2.42. The van der Waals surface area contributed by atoms with Crippen LogP contribution in [0.1, 0.15) is 16.8 Å². The lowest BCUT2D eigenvalue weighted by molar-refractivity contribution is -0.140. The molecule has 0 saturated heterocycles. The molecule has 0 radical (unpaired) electrons. The Hall–Kier alpha value is -2.97. The first-order valence-electron chi connectivity index (χ1n) is 6.92. The second-order valence-corrected chi connectivity index (χ2v) is 4.88. The normalized spacial score (nSPS) is 12.0. The van der Waals surface area contributed by atoms with E-state index in [0.29, 0.717) is 17.0 Å². The lowest BCUT2D eigenvalue weighted by Gasteiger charge is -2.14. The van der Waals surface area contributed by atoms with Crippen molar-refractivity contribution in [2.24, 2.45) is 0 Å². The molecule has 128 valence electrons. The van der Waals surface area contributed by atoms with E-state index in [1.54, 1.807) is 24.3 Å². The number of aromatic amines is 1. The molecule has 0 fully saturated rings. The first kappa shape index (κ1) is 17.4. The van der Waals surface area contributed by atoms with E-state index in [-0.39, 0.29) is 5.56 Å². The van der Waals surface area contributed by atoms with Gasteiger partial charge >= 0.3 is 5.97 Å². The van der Waals surface area contributed by atoms with Crippen LogP contribution >= 0.6 is 0 Å². The third-order valence-electron chi connectivity index (χ3n) is 3.28. The van der Waals surface area contributed by atoms with Gasteiger partial charge in [0.15, 0.2) is 0 Å². The van der Waals surface area contributed by atoms with Crippen molar-refractivity contribution >= 4 is 11.9 Å². The summed E-state index contributed by atoms with van der Waals surface area (Å²) in [5.41, 5.74) is 1.01. The van der Waals surface area contributed by atoms with Crippen LogP contribution in [0.2, 0.25) is 0 Å². The number of carbonyl (C=O) groups excluding carboxylic acids is 1. The SMILES string of the molecule is COc1ccc(-c2[nH]ncc2C(=O)NC(CC(F)F)C(=O)O)cc1. The van der Waals surface area contributed by atoms with Gasteiger partial charge in [-0.25, -0.2) is 13.6 Å². The molecule has 1 unspecified atom stereocenters. The number of H-pyrrole nitrogens is 1. The highest BCUT2D eigenvalue weighted by atomic mass is 19.3. The van der Waals surface area contributed by atoms with E-state index in [4.69, 9.17) is 9.84 Å². The van der Waals surface area contributed by atoms with Gasteiger partial charge in [0.25, 0.3) is 5.91 Å². The molecule has 1 atom stereocenters. The number of nitrogens with one attached hydrogen (secondary N) is 2. The van der Waals surface area contributed by atoms with Crippen LogP contribution in [0.4, 0.5) is 8.78 Å². The summed E-state index contributed by atoms with van der Waals surface area (Å²) >= 11 is 0. The summed E-state index contributed by atoms with van der Waals surface area (Å²) < 4.78 is 29.9. The zero-order chi connectivity index (χ0) is 17.7. The zero-order valence-corrected chi connectivity index (χ0v) is 12.6. The molecule has 2 rings (SSSR count). The number of rotatable bonds is 7. The summed E-state index contributed by atoms with van der Waals surface area (Å²) in [5, 5.41) is 17.4. The van der Waals surface area contributed by atoms with Crippen LogP contribution in [-0.2, 0) is 4.79 Å². The molecule has 0 aliphatic rings. The molecule has 3 N–H and O–H groups in total. The highest BCUT2D eigenvalue weighted by molar-refractivity contribution is 6.01. The van der Waals surface area contributed by atoms with E-state index >= 15 is 0 Å². The van der Waals surface area contributed by atoms with Crippen molar-refractivity contribution in [3.8, 4) is 17.0 Å². The van der Waals surface area contributed by atoms with Gasteiger partial charge in [0.1, 0.15) is 11.8 Å². The van der Waals surface area contributed by atoms with Crippen molar-refractivity contribution in [2.45, 2.75) is 18.9 Å². The molecule has 24 heavy (non-hydrogen) atoms. The van der Waals surface area contributed by atoms with E-state index in [1.165, 1.54) is 13.3 Å². The Labute approximate surface area is 135 Å². The van der Waals surface area contributed by atoms with Crippen molar-refractivity contribution in [2.75, 3.05) is 7.11 Å². The van der Waals surface area contributed by atoms with E-state index in [1.807, 2.05) is 0 Å². The van der Waals surface area contributed by atoms with E-state index in [0.717, 1.165) is 0 Å². The van der Waals surface area contributed by atoms with Crippen molar-refractivity contribution in [3.05, 3.63) is 36.0 Å². The summed E-state index contributed by atoms with van der Waals surface area (Å²) in [5.74, 6) is -1.71. The fourth-order valence-corrected chi connectivity index (χ4v) is 2.07. The average Bonchev–Trinajstić information content (AvgIpc) is 3.03. The minimum absolute atomic E-state index is 0.0562. The van der Waals surface area contributed by atoms with Crippen LogP contribution in [0.25, 0.3) is 11.3 Å². The topological polar surface area (TPSA) is 104 Å². The monoisotopic (exact) mass is 339 g/mol. The van der Waals surface area contributed by atoms with Crippen LogP contribution in [0.5, 0.6) is 5.75 Å². The smallest absolute Gasteiger partial charge is 0.326 e. The Balaban J connectivity index is 2.21. The fourth-order valence-electron chi connectivity index (χ4n) is 2.07. The molecule has 0 aliphatic carbocycles. The Bertz CT molecular complexity index is 716. The van der Waals surface area contributed by atoms with Gasteiger partial charge in [-0.2, -0.15) is 5.10 Å². The summed E-state index contributed by atoms with van der Waals surface area (Å²) in [6.45, 7) is 0. The number of hydrogen-bond acceptors (Lipinski definition) is 4. The first-order chi connectivity index (χ1) is 11.4. The van der Waals surface area contributed by atoms with Gasteiger partial charge in [0, 0.05) is 12.0 Å². The molecule has 9 heteroatoms. The number of ether oxygens (including phenoxy) is 1. The number of carboxylic acid groups (broad SMARTS) is 1. The molecule has 1 heterocycles. The molecular weight excluding hydrogens is 324 g/mol. The molecule has 1 aromatic heterocycles. The third-order valence-corrected chi connectivity index (χ3v) is 3.28. The number of hydrogen-bond donors (Lipinski definition) is 3. The molecule has 2 aromatic rings. The molecule has 7 nitrogen and oxygen atoms in total. The summed E-state index contributed by atoms with van der Waals surface area (Å²) in [6, 6.07) is 5.02. The minimum Gasteiger partial charge on any atom is -0.497 e. The van der Waals surface area contributed by atoms with Gasteiger partial charge < -0.3 is 15.2 Å². The number of halogens is 2.